The number of aliphatic hydroxyl groups excluding tert-OH is 1. The van der Waals surface area contributed by atoms with E-state index in [0.717, 1.165) is 12.1 Å². The second-order valence-electron chi connectivity index (χ2n) is 4.01. The summed E-state index contributed by atoms with van der Waals surface area (Å²) in [7, 11) is 0. The third kappa shape index (κ3) is 3.31. The zero-order chi connectivity index (χ0) is 13.9. The minimum atomic E-state index is -4.34. The summed E-state index contributed by atoms with van der Waals surface area (Å²) in [5.74, 6) is 0.950. The molecule has 1 heterocycles. The Morgan fingerprint density at radius 2 is 1.84 bits per heavy atom. The average molecular weight is 271 g/mol. The number of hydrogen-bond acceptors (Lipinski definition) is 3. The number of nitrogens with one attached hydrogen (secondary N) is 1. The van der Waals surface area contributed by atoms with Gasteiger partial charge in [-0.3, -0.25) is 5.10 Å². The van der Waals surface area contributed by atoms with Crippen molar-refractivity contribution in [2.24, 2.45) is 0 Å². The van der Waals surface area contributed by atoms with Crippen LogP contribution < -0.4 is 0 Å². The van der Waals surface area contributed by atoms with Crippen molar-refractivity contribution >= 4 is 0 Å². The van der Waals surface area contributed by atoms with E-state index in [1.54, 1.807) is 0 Å². The van der Waals surface area contributed by atoms with Crippen LogP contribution >= 0.6 is 0 Å². The van der Waals surface area contributed by atoms with Crippen LogP contribution in [0.25, 0.3) is 11.4 Å². The first-order valence-corrected chi connectivity index (χ1v) is 5.70. The molecule has 2 aromatic rings. The molecule has 1 aromatic carbocycles. The smallest absolute Gasteiger partial charge is 0.396 e. The van der Waals surface area contributed by atoms with Gasteiger partial charge >= 0.3 is 6.18 Å². The van der Waals surface area contributed by atoms with Gasteiger partial charge in [0, 0.05) is 18.6 Å². The maximum Gasteiger partial charge on any atom is 0.416 e. The number of H-pyrrole nitrogens is 1. The van der Waals surface area contributed by atoms with Crippen molar-refractivity contribution in [2.45, 2.75) is 19.0 Å². The van der Waals surface area contributed by atoms with Crippen molar-refractivity contribution in [1.82, 2.24) is 15.2 Å². The van der Waals surface area contributed by atoms with Gasteiger partial charge in [0.05, 0.1) is 5.56 Å². The number of nitrogens with zero attached hydrogens (tertiary/aromatic N) is 2. The molecule has 0 unspecified atom stereocenters. The highest BCUT2D eigenvalue weighted by molar-refractivity contribution is 5.55. The molecule has 0 aliphatic rings. The highest BCUT2D eigenvalue weighted by atomic mass is 19.4. The van der Waals surface area contributed by atoms with Gasteiger partial charge in [-0.05, 0) is 18.6 Å². The number of alkyl halides is 3. The van der Waals surface area contributed by atoms with E-state index in [2.05, 4.69) is 15.2 Å². The molecule has 7 heteroatoms. The molecule has 0 saturated carbocycles. The lowest BCUT2D eigenvalue weighted by Crippen LogP contribution is -2.04. The molecule has 0 aliphatic carbocycles. The second kappa shape index (κ2) is 5.40. The van der Waals surface area contributed by atoms with Gasteiger partial charge < -0.3 is 5.11 Å². The van der Waals surface area contributed by atoms with Crippen LogP contribution in [0.15, 0.2) is 24.3 Å². The summed E-state index contributed by atoms with van der Waals surface area (Å²) in [6, 6.07) is 4.67. The van der Waals surface area contributed by atoms with Crippen LogP contribution in [0.5, 0.6) is 0 Å². The lowest BCUT2D eigenvalue weighted by molar-refractivity contribution is -0.137. The predicted octanol–water partition coefficient (Wildman–Crippen LogP) is 2.42. The highest BCUT2D eigenvalue weighted by Crippen LogP contribution is 2.30. The molecule has 19 heavy (non-hydrogen) atoms. The predicted molar refractivity (Wildman–Crippen MR) is 62.2 cm³/mol. The van der Waals surface area contributed by atoms with Crippen molar-refractivity contribution in [3.05, 3.63) is 35.7 Å². The Kier molecular flexibility index (Phi) is 3.84. The molecule has 0 spiro atoms. The Balaban J connectivity index is 2.16. The Morgan fingerprint density at radius 3 is 2.42 bits per heavy atom. The zero-order valence-electron chi connectivity index (χ0n) is 9.91. The fraction of sp³-hybridized carbons (Fsp3) is 0.333. The van der Waals surface area contributed by atoms with E-state index in [0.29, 0.717) is 30.1 Å². The quantitative estimate of drug-likeness (QED) is 0.897. The molecule has 0 saturated heterocycles. The van der Waals surface area contributed by atoms with Crippen LogP contribution in [0.3, 0.4) is 0 Å². The first kappa shape index (κ1) is 13.5. The molecule has 0 amide bonds. The number of aromatic amines is 1. The van der Waals surface area contributed by atoms with Crippen molar-refractivity contribution in [2.75, 3.05) is 6.61 Å². The minimum Gasteiger partial charge on any atom is -0.396 e. The van der Waals surface area contributed by atoms with Crippen LogP contribution in [0.2, 0.25) is 0 Å². The molecule has 1 aromatic heterocycles. The summed E-state index contributed by atoms with van der Waals surface area (Å²) in [5.41, 5.74) is -0.188. The second-order valence-corrected chi connectivity index (χ2v) is 4.01. The van der Waals surface area contributed by atoms with Gasteiger partial charge in [-0.15, -0.1) is 0 Å². The summed E-state index contributed by atoms with van der Waals surface area (Å²) in [6.45, 7) is 0.0519. The third-order valence-corrected chi connectivity index (χ3v) is 2.57. The van der Waals surface area contributed by atoms with Gasteiger partial charge in [0.25, 0.3) is 0 Å². The first-order valence-electron chi connectivity index (χ1n) is 5.70. The van der Waals surface area contributed by atoms with Crippen LogP contribution in [-0.4, -0.2) is 26.9 Å². The number of aromatic nitrogens is 3. The summed E-state index contributed by atoms with van der Waals surface area (Å²) in [5, 5.41) is 15.3. The molecule has 2 rings (SSSR count). The average Bonchev–Trinajstić information content (AvgIpc) is 2.84. The Morgan fingerprint density at radius 1 is 1.16 bits per heavy atom. The van der Waals surface area contributed by atoms with E-state index in [1.165, 1.54) is 12.1 Å². The van der Waals surface area contributed by atoms with E-state index in [-0.39, 0.29) is 6.61 Å². The van der Waals surface area contributed by atoms with E-state index in [9.17, 15) is 13.2 Å². The van der Waals surface area contributed by atoms with Gasteiger partial charge in [-0.1, -0.05) is 12.1 Å². The highest BCUT2D eigenvalue weighted by Gasteiger charge is 2.30. The number of hydrogen-bond donors (Lipinski definition) is 2. The number of rotatable bonds is 4. The van der Waals surface area contributed by atoms with E-state index in [4.69, 9.17) is 5.11 Å². The van der Waals surface area contributed by atoms with Gasteiger partial charge in [0.1, 0.15) is 5.82 Å². The third-order valence-electron chi connectivity index (χ3n) is 2.57. The molecule has 102 valence electrons. The molecule has 0 atom stereocenters. The van der Waals surface area contributed by atoms with Crippen LogP contribution in [-0.2, 0) is 12.6 Å². The summed E-state index contributed by atoms with van der Waals surface area (Å²) >= 11 is 0. The van der Waals surface area contributed by atoms with Crippen LogP contribution in [0.1, 0.15) is 17.8 Å². The van der Waals surface area contributed by atoms with Gasteiger partial charge in [-0.2, -0.15) is 18.3 Å². The molecule has 0 aliphatic heterocycles. The molecule has 2 N–H and O–H groups in total. The lowest BCUT2D eigenvalue weighted by Gasteiger charge is -2.05. The van der Waals surface area contributed by atoms with Gasteiger partial charge in [0.15, 0.2) is 5.82 Å². The fourth-order valence-corrected chi connectivity index (χ4v) is 1.59. The molecule has 0 fully saturated rings. The van der Waals surface area contributed by atoms with Gasteiger partial charge in [0.2, 0.25) is 0 Å². The van der Waals surface area contributed by atoms with Crippen molar-refractivity contribution < 1.29 is 18.3 Å². The molecule has 4 nitrogen and oxygen atoms in total. The number of aliphatic hydroxyl groups is 1. The number of benzene rings is 1. The number of halogens is 3. The Labute approximate surface area is 107 Å². The normalized spacial score (nSPS) is 11.8. The molecular weight excluding hydrogens is 259 g/mol. The van der Waals surface area contributed by atoms with Crippen LogP contribution in [0.4, 0.5) is 13.2 Å². The summed E-state index contributed by atoms with van der Waals surface area (Å²) in [6.07, 6.45) is -3.24. The van der Waals surface area contributed by atoms with E-state index in [1.807, 2.05) is 0 Å². The molecular formula is C12H12F3N3O. The first-order chi connectivity index (χ1) is 9.00. The standard InChI is InChI=1S/C12H12F3N3O/c13-12(14,15)9-5-3-8(4-6-9)11-16-10(17-18-11)2-1-7-19/h3-6,19H,1-2,7H2,(H,16,17,18). The minimum absolute atomic E-state index is 0.0519. The van der Waals surface area contributed by atoms with Gasteiger partial charge in [-0.25, -0.2) is 4.98 Å². The Hall–Kier alpha value is -1.89. The lowest BCUT2D eigenvalue weighted by atomic mass is 10.1. The molecule has 0 radical (unpaired) electrons. The zero-order valence-corrected chi connectivity index (χ0v) is 9.91. The monoisotopic (exact) mass is 271 g/mol. The largest absolute Gasteiger partial charge is 0.416 e. The Bertz CT molecular complexity index is 534. The van der Waals surface area contributed by atoms with E-state index >= 15 is 0 Å². The van der Waals surface area contributed by atoms with Crippen LogP contribution in [0, 0.1) is 0 Å². The van der Waals surface area contributed by atoms with Crippen molar-refractivity contribution in [3.63, 3.8) is 0 Å². The maximum absolute atomic E-state index is 12.4. The summed E-state index contributed by atoms with van der Waals surface area (Å²) in [4.78, 5) is 4.15. The van der Waals surface area contributed by atoms with Crippen molar-refractivity contribution in [1.29, 1.82) is 0 Å². The summed E-state index contributed by atoms with van der Waals surface area (Å²) < 4.78 is 37.2. The van der Waals surface area contributed by atoms with Crippen molar-refractivity contribution in [3.8, 4) is 11.4 Å². The van der Waals surface area contributed by atoms with E-state index < -0.39 is 11.7 Å². The fourth-order valence-electron chi connectivity index (χ4n) is 1.59. The molecule has 0 bridgehead atoms. The number of aryl methyl sites for hydroxylation is 1. The SMILES string of the molecule is OCCCc1nc(-c2ccc(C(F)(F)F)cc2)n[nH]1. The maximum atomic E-state index is 12.4. The topological polar surface area (TPSA) is 61.8 Å².